The molecule has 0 spiro atoms. The molecular formula is C6H13N3O4. The van der Waals surface area contributed by atoms with Gasteiger partial charge in [0.25, 0.3) is 0 Å². The Labute approximate surface area is 74.7 Å². The third-order valence-corrected chi connectivity index (χ3v) is 1.38. The van der Waals surface area contributed by atoms with Gasteiger partial charge in [-0.3, -0.25) is 9.59 Å². The van der Waals surface area contributed by atoms with Gasteiger partial charge >= 0.3 is 0 Å². The number of primary amides is 1. The van der Waals surface area contributed by atoms with E-state index in [2.05, 4.69) is 5.32 Å². The average Bonchev–Trinajstić information content (AvgIpc) is 2.11. The van der Waals surface area contributed by atoms with E-state index in [9.17, 15) is 9.59 Å². The van der Waals surface area contributed by atoms with Crippen molar-refractivity contribution < 1.29 is 19.8 Å². The number of carbonyl (C=O) groups excluding carboxylic acids is 2. The average molecular weight is 191 g/mol. The highest BCUT2D eigenvalue weighted by molar-refractivity contribution is 5.88. The molecule has 0 unspecified atom stereocenters. The van der Waals surface area contributed by atoms with Gasteiger partial charge < -0.3 is 27.0 Å². The molecule has 0 aromatic carbocycles. The predicted octanol–water partition coefficient (Wildman–Crippen LogP) is -3.73. The lowest BCUT2D eigenvalue weighted by molar-refractivity contribution is -0.129. The van der Waals surface area contributed by atoms with Crippen molar-refractivity contribution in [2.24, 2.45) is 11.5 Å². The fourth-order valence-electron chi connectivity index (χ4n) is 0.568. The predicted molar refractivity (Wildman–Crippen MR) is 43.3 cm³/mol. The maximum atomic E-state index is 10.9. The van der Waals surface area contributed by atoms with E-state index in [-0.39, 0.29) is 0 Å². The van der Waals surface area contributed by atoms with Crippen LogP contribution < -0.4 is 16.8 Å². The van der Waals surface area contributed by atoms with Crippen molar-refractivity contribution in [2.75, 3.05) is 13.2 Å². The van der Waals surface area contributed by atoms with Gasteiger partial charge in [-0.1, -0.05) is 0 Å². The second-order valence-corrected chi connectivity index (χ2v) is 2.44. The number of aliphatic hydroxyl groups excluding tert-OH is 2. The minimum absolute atomic E-state index is 0.539. The molecule has 0 saturated heterocycles. The summed E-state index contributed by atoms with van der Waals surface area (Å²) < 4.78 is 0. The van der Waals surface area contributed by atoms with Crippen molar-refractivity contribution in [2.45, 2.75) is 12.1 Å². The first-order valence-electron chi connectivity index (χ1n) is 3.60. The smallest absolute Gasteiger partial charge is 0.242 e. The first kappa shape index (κ1) is 11.8. The van der Waals surface area contributed by atoms with Crippen LogP contribution in [0.3, 0.4) is 0 Å². The van der Waals surface area contributed by atoms with Gasteiger partial charge in [0.2, 0.25) is 11.8 Å². The molecule has 0 rings (SSSR count). The minimum Gasteiger partial charge on any atom is -0.394 e. The lowest BCUT2D eigenvalue weighted by Crippen LogP contribution is -2.52. The third-order valence-electron chi connectivity index (χ3n) is 1.38. The van der Waals surface area contributed by atoms with Crippen molar-refractivity contribution in [1.29, 1.82) is 0 Å². The number of nitrogens with two attached hydrogens (primary N) is 2. The zero-order valence-corrected chi connectivity index (χ0v) is 6.93. The normalized spacial score (nSPS) is 14.7. The van der Waals surface area contributed by atoms with E-state index in [0.29, 0.717) is 0 Å². The summed E-state index contributed by atoms with van der Waals surface area (Å²) in [5.74, 6) is -1.60. The van der Waals surface area contributed by atoms with Crippen LogP contribution in [0.2, 0.25) is 0 Å². The molecule has 0 heterocycles. The Balaban J connectivity index is 4.09. The first-order valence-corrected chi connectivity index (χ1v) is 3.60. The lowest BCUT2D eigenvalue weighted by Gasteiger charge is -2.14. The van der Waals surface area contributed by atoms with Gasteiger partial charge in [-0.2, -0.15) is 0 Å². The van der Waals surface area contributed by atoms with Gasteiger partial charge in [0.1, 0.15) is 12.1 Å². The molecule has 0 aliphatic heterocycles. The topological polar surface area (TPSA) is 139 Å². The van der Waals surface area contributed by atoms with Crippen LogP contribution in [0.4, 0.5) is 0 Å². The molecule has 13 heavy (non-hydrogen) atoms. The van der Waals surface area contributed by atoms with E-state index >= 15 is 0 Å². The molecule has 2 atom stereocenters. The van der Waals surface area contributed by atoms with E-state index in [1.54, 1.807) is 0 Å². The number of nitrogens with one attached hydrogen (secondary N) is 1. The molecule has 0 saturated carbocycles. The summed E-state index contributed by atoms with van der Waals surface area (Å²) in [7, 11) is 0. The fraction of sp³-hybridized carbons (Fsp3) is 0.667. The lowest BCUT2D eigenvalue weighted by atomic mass is 10.2. The van der Waals surface area contributed by atoms with E-state index in [1.165, 1.54) is 0 Å². The third kappa shape index (κ3) is 3.83. The number of amides is 2. The summed E-state index contributed by atoms with van der Waals surface area (Å²) in [6.07, 6.45) is 0. The van der Waals surface area contributed by atoms with Crippen LogP contribution in [0.5, 0.6) is 0 Å². The van der Waals surface area contributed by atoms with Crippen LogP contribution in [0.15, 0.2) is 0 Å². The van der Waals surface area contributed by atoms with Crippen LogP contribution in [-0.4, -0.2) is 47.3 Å². The van der Waals surface area contributed by atoms with Gasteiger partial charge in [0.15, 0.2) is 0 Å². The van der Waals surface area contributed by atoms with Gasteiger partial charge in [-0.05, 0) is 0 Å². The Morgan fingerprint density at radius 1 is 1.31 bits per heavy atom. The monoisotopic (exact) mass is 191 g/mol. The van der Waals surface area contributed by atoms with E-state index in [1.807, 2.05) is 0 Å². The quantitative estimate of drug-likeness (QED) is 0.304. The summed E-state index contributed by atoms with van der Waals surface area (Å²) in [4.78, 5) is 21.5. The zero-order chi connectivity index (χ0) is 10.4. The largest absolute Gasteiger partial charge is 0.394 e. The van der Waals surface area contributed by atoms with Crippen molar-refractivity contribution >= 4 is 11.8 Å². The van der Waals surface area contributed by atoms with Crippen molar-refractivity contribution in [3.8, 4) is 0 Å². The number of hydrogen-bond donors (Lipinski definition) is 5. The number of carbonyl (C=O) groups is 2. The summed E-state index contributed by atoms with van der Waals surface area (Å²) in [6, 6.07) is -2.28. The molecule has 0 fully saturated rings. The van der Waals surface area contributed by atoms with Crippen LogP contribution in [-0.2, 0) is 9.59 Å². The SMILES string of the molecule is NC(=O)[C@H](CO)NC(=O)[C@@H](N)CO. The second kappa shape index (κ2) is 5.46. The Morgan fingerprint density at radius 2 is 1.85 bits per heavy atom. The fourth-order valence-corrected chi connectivity index (χ4v) is 0.568. The molecule has 2 amide bonds. The van der Waals surface area contributed by atoms with E-state index in [4.69, 9.17) is 21.7 Å². The van der Waals surface area contributed by atoms with Gasteiger partial charge in [-0.15, -0.1) is 0 Å². The van der Waals surface area contributed by atoms with Gasteiger partial charge in [0, 0.05) is 0 Å². The number of rotatable bonds is 5. The van der Waals surface area contributed by atoms with Crippen molar-refractivity contribution in [3.05, 3.63) is 0 Å². The standard InChI is InChI=1S/C6H13N3O4/c7-3(1-10)6(13)9-4(2-11)5(8)12/h3-4,10-11H,1-2,7H2,(H2,8,12)(H,9,13)/t3-,4-/m0/s1. The van der Waals surface area contributed by atoms with Crippen molar-refractivity contribution in [1.82, 2.24) is 5.32 Å². The Morgan fingerprint density at radius 3 is 2.15 bits per heavy atom. The maximum Gasteiger partial charge on any atom is 0.242 e. The van der Waals surface area contributed by atoms with Crippen LogP contribution in [0, 0.1) is 0 Å². The van der Waals surface area contributed by atoms with Gasteiger partial charge in [-0.25, -0.2) is 0 Å². The molecule has 7 heteroatoms. The molecule has 0 aromatic heterocycles. The van der Waals surface area contributed by atoms with E-state index < -0.39 is 37.1 Å². The first-order chi connectivity index (χ1) is 6.02. The Bertz CT molecular complexity index is 196. The highest BCUT2D eigenvalue weighted by Crippen LogP contribution is 1.83. The number of aliphatic hydroxyl groups is 2. The molecule has 0 aliphatic carbocycles. The van der Waals surface area contributed by atoms with Crippen LogP contribution in [0.25, 0.3) is 0 Å². The molecular weight excluding hydrogens is 178 g/mol. The zero-order valence-electron chi connectivity index (χ0n) is 6.93. The van der Waals surface area contributed by atoms with Crippen molar-refractivity contribution in [3.63, 3.8) is 0 Å². The molecule has 76 valence electrons. The molecule has 7 nitrogen and oxygen atoms in total. The summed E-state index contributed by atoms with van der Waals surface area (Å²) in [5.41, 5.74) is 9.94. The van der Waals surface area contributed by atoms with Gasteiger partial charge in [0.05, 0.1) is 13.2 Å². The second-order valence-electron chi connectivity index (χ2n) is 2.44. The Kier molecular flexibility index (Phi) is 4.97. The Hall–Kier alpha value is -1.18. The highest BCUT2D eigenvalue weighted by Gasteiger charge is 2.20. The minimum atomic E-state index is -1.16. The van der Waals surface area contributed by atoms with E-state index in [0.717, 1.165) is 0 Å². The maximum absolute atomic E-state index is 10.9. The van der Waals surface area contributed by atoms with Crippen LogP contribution in [0.1, 0.15) is 0 Å². The molecule has 0 bridgehead atoms. The highest BCUT2D eigenvalue weighted by atomic mass is 16.3. The molecule has 0 aromatic rings. The van der Waals surface area contributed by atoms with Crippen LogP contribution >= 0.6 is 0 Å². The number of hydrogen-bond acceptors (Lipinski definition) is 5. The summed E-state index contributed by atoms with van der Waals surface area (Å²) in [6.45, 7) is -1.14. The summed E-state index contributed by atoms with van der Waals surface area (Å²) in [5, 5.41) is 19.1. The molecule has 7 N–H and O–H groups in total. The molecule has 0 aliphatic rings. The summed E-state index contributed by atoms with van der Waals surface area (Å²) >= 11 is 0. The molecule has 0 radical (unpaired) electrons.